The summed E-state index contributed by atoms with van der Waals surface area (Å²) in [4.78, 5) is 0. The molecular formula is C16H23N3. The molecular weight excluding hydrogens is 234 g/mol. The smallest absolute Gasteiger partial charge is 0.0670 e. The molecule has 1 aliphatic carbocycles. The summed E-state index contributed by atoms with van der Waals surface area (Å²) in [5.41, 5.74) is 8.59. The van der Waals surface area contributed by atoms with Crippen LogP contribution in [0.5, 0.6) is 0 Å². The lowest BCUT2D eigenvalue weighted by Crippen LogP contribution is -2.35. The zero-order valence-corrected chi connectivity index (χ0v) is 11.8. The fourth-order valence-electron chi connectivity index (χ4n) is 2.93. The number of nitrogens with two attached hydrogens (primary N) is 1. The van der Waals surface area contributed by atoms with Crippen LogP contribution in [0.1, 0.15) is 38.7 Å². The summed E-state index contributed by atoms with van der Waals surface area (Å²) in [5, 5.41) is 12.4. The van der Waals surface area contributed by atoms with E-state index in [4.69, 9.17) is 11.0 Å². The lowest BCUT2D eigenvalue weighted by atomic mass is 9.78. The Morgan fingerprint density at radius 3 is 2.89 bits per heavy atom. The van der Waals surface area contributed by atoms with E-state index in [-0.39, 0.29) is 0 Å². The van der Waals surface area contributed by atoms with Gasteiger partial charge in [0.1, 0.15) is 0 Å². The molecule has 0 aromatic heterocycles. The van der Waals surface area contributed by atoms with E-state index in [1.54, 1.807) is 0 Å². The highest BCUT2D eigenvalue weighted by atomic mass is 14.9. The molecule has 1 saturated carbocycles. The number of hydrogen-bond acceptors (Lipinski definition) is 3. The Kier molecular flexibility index (Phi) is 4.31. The summed E-state index contributed by atoms with van der Waals surface area (Å²) in [6.07, 6.45) is 4.23. The standard InChI is InChI=1S/C16H23N3/c1-11-4-3-5-16(12(11)2)19-14-6-7-15(18)13(10-14)8-9-17/h6-7,10-12,16,19H,3-5,8,18H2,1-2H3. The molecule has 0 heterocycles. The molecule has 19 heavy (non-hydrogen) atoms. The van der Waals surface area contributed by atoms with Crippen LogP contribution in [0.15, 0.2) is 18.2 Å². The Morgan fingerprint density at radius 2 is 2.16 bits per heavy atom. The number of nitrogen functional groups attached to an aromatic ring is 1. The van der Waals surface area contributed by atoms with Gasteiger partial charge in [-0.3, -0.25) is 0 Å². The van der Waals surface area contributed by atoms with Crippen LogP contribution in [0.25, 0.3) is 0 Å². The first kappa shape index (κ1) is 13.7. The Labute approximate surface area is 115 Å². The molecule has 2 rings (SSSR count). The Bertz CT molecular complexity index is 475. The molecule has 1 aromatic rings. The average molecular weight is 257 g/mol. The maximum Gasteiger partial charge on any atom is 0.0670 e. The van der Waals surface area contributed by atoms with E-state index < -0.39 is 0 Å². The molecule has 0 radical (unpaired) electrons. The minimum absolute atomic E-state index is 0.373. The second-order valence-corrected chi connectivity index (χ2v) is 5.77. The summed E-state index contributed by atoms with van der Waals surface area (Å²) in [6, 6.07) is 8.62. The predicted octanol–water partition coefficient (Wildman–Crippen LogP) is 3.57. The largest absolute Gasteiger partial charge is 0.398 e. The summed E-state index contributed by atoms with van der Waals surface area (Å²) in [7, 11) is 0. The van der Waals surface area contributed by atoms with Crippen molar-refractivity contribution in [3.63, 3.8) is 0 Å². The molecule has 3 N–H and O–H groups in total. The maximum absolute atomic E-state index is 8.81. The second-order valence-electron chi connectivity index (χ2n) is 5.77. The zero-order chi connectivity index (χ0) is 13.8. The van der Waals surface area contributed by atoms with Gasteiger partial charge in [-0.1, -0.05) is 26.7 Å². The van der Waals surface area contributed by atoms with Gasteiger partial charge in [0.2, 0.25) is 0 Å². The van der Waals surface area contributed by atoms with Gasteiger partial charge in [-0.05, 0) is 42.0 Å². The number of benzene rings is 1. The number of nitrogens with zero attached hydrogens (tertiary/aromatic N) is 1. The van der Waals surface area contributed by atoms with Crippen molar-refractivity contribution in [3.05, 3.63) is 23.8 Å². The number of nitrogens with one attached hydrogen (secondary N) is 1. The average Bonchev–Trinajstić information content (AvgIpc) is 2.39. The van der Waals surface area contributed by atoms with E-state index >= 15 is 0 Å². The lowest BCUT2D eigenvalue weighted by Gasteiger charge is -2.35. The van der Waals surface area contributed by atoms with E-state index in [9.17, 15) is 0 Å². The SMILES string of the molecule is CC1CCCC(Nc2ccc(N)c(CC#N)c2)C1C. The second kappa shape index (κ2) is 5.97. The van der Waals surface area contributed by atoms with E-state index in [1.165, 1.54) is 19.3 Å². The van der Waals surface area contributed by atoms with E-state index in [2.05, 4.69) is 25.2 Å². The first-order valence-corrected chi connectivity index (χ1v) is 7.13. The van der Waals surface area contributed by atoms with Gasteiger partial charge in [0.15, 0.2) is 0 Å². The topological polar surface area (TPSA) is 61.8 Å². The molecule has 0 bridgehead atoms. The highest BCUT2D eigenvalue weighted by Crippen LogP contribution is 2.32. The van der Waals surface area contributed by atoms with Gasteiger partial charge >= 0.3 is 0 Å². The van der Waals surface area contributed by atoms with Crippen LogP contribution >= 0.6 is 0 Å². The number of anilines is 2. The van der Waals surface area contributed by atoms with Gasteiger partial charge in [0, 0.05) is 17.4 Å². The zero-order valence-electron chi connectivity index (χ0n) is 11.8. The highest BCUT2D eigenvalue weighted by Gasteiger charge is 2.26. The molecule has 0 saturated heterocycles. The van der Waals surface area contributed by atoms with Crippen LogP contribution in [0.2, 0.25) is 0 Å². The van der Waals surface area contributed by atoms with Crippen molar-refractivity contribution >= 4 is 11.4 Å². The van der Waals surface area contributed by atoms with Crippen LogP contribution in [0.4, 0.5) is 11.4 Å². The van der Waals surface area contributed by atoms with Crippen molar-refractivity contribution < 1.29 is 0 Å². The molecule has 3 nitrogen and oxygen atoms in total. The van der Waals surface area contributed by atoms with E-state index in [0.717, 1.165) is 17.2 Å². The highest BCUT2D eigenvalue weighted by molar-refractivity contribution is 5.58. The van der Waals surface area contributed by atoms with Gasteiger partial charge in [-0.2, -0.15) is 5.26 Å². The molecule has 0 aliphatic heterocycles. The minimum atomic E-state index is 0.373. The summed E-state index contributed by atoms with van der Waals surface area (Å²) >= 11 is 0. The predicted molar refractivity (Wildman–Crippen MR) is 79.8 cm³/mol. The molecule has 3 atom stereocenters. The molecule has 102 valence electrons. The van der Waals surface area contributed by atoms with Crippen LogP contribution in [0.3, 0.4) is 0 Å². The molecule has 3 heteroatoms. The van der Waals surface area contributed by atoms with Gasteiger partial charge < -0.3 is 11.1 Å². The molecule has 0 spiro atoms. The molecule has 1 aromatic carbocycles. The summed E-state index contributed by atoms with van der Waals surface area (Å²) in [5.74, 6) is 1.46. The fraction of sp³-hybridized carbons (Fsp3) is 0.562. The number of hydrogen-bond donors (Lipinski definition) is 2. The Morgan fingerprint density at radius 1 is 1.37 bits per heavy atom. The molecule has 0 amide bonds. The van der Waals surface area contributed by atoms with Gasteiger partial charge in [0.05, 0.1) is 12.5 Å². The minimum Gasteiger partial charge on any atom is -0.398 e. The quantitative estimate of drug-likeness (QED) is 0.814. The first-order valence-electron chi connectivity index (χ1n) is 7.13. The summed E-state index contributed by atoms with van der Waals surface area (Å²) in [6.45, 7) is 4.66. The molecule has 1 fully saturated rings. The molecule has 3 unspecified atom stereocenters. The number of nitriles is 1. The number of rotatable bonds is 3. The summed E-state index contributed by atoms with van der Waals surface area (Å²) < 4.78 is 0. The van der Waals surface area contributed by atoms with Crippen LogP contribution in [-0.2, 0) is 6.42 Å². The van der Waals surface area contributed by atoms with Crippen LogP contribution in [-0.4, -0.2) is 6.04 Å². The third-order valence-electron chi connectivity index (χ3n) is 4.47. The lowest BCUT2D eigenvalue weighted by molar-refractivity contribution is 0.253. The van der Waals surface area contributed by atoms with Crippen molar-refractivity contribution in [1.82, 2.24) is 0 Å². The third-order valence-corrected chi connectivity index (χ3v) is 4.47. The van der Waals surface area contributed by atoms with E-state index in [1.807, 2.05) is 18.2 Å². The van der Waals surface area contributed by atoms with Gasteiger partial charge in [-0.25, -0.2) is 0 Å². The third kappa shape index (κ3) is 3.20. The van der Waals surface area contributed by atoms with Crippen LogP contribution in [0, 0.1) is 23.2 Å². The Balaban J connectivity index is 2.10. The van der Waals surface area contributed by atoms with Crippen molar-refractivity contribution in [1.29, 1.82) is 5.26 Å². The van der Waals surface area contributed by atoms with Crippen molar-refractivity contribution in [3.8, 4) is 6.07 Å². The van der Waals surface area contributed by atoms with Crippen molar-refractivity contribution in [2.24, 2.45) is 11.8 Å². The molecule has 1 aliphatic rings. The normalized spacial score (nSPS) is 26.7. The Hall–Kier alpha value is -1.69. The van der Waals surface area contributed by atoms with Crippen LogP contribution < -0.4 is 11.1 Å². The maximum atomic E-state index is 8.81. The van der Waals surface area contributed by atoms with Gasteiger partial charge in [0.25, 0.3) is 0 Å². The monoisotopic (exact) mass is 257 g/mol. The van der Waals surface area contributed by atoms with Crippen molar-refractivity contribution in [2.75, 3.05) is 11.1 Å². The fourth-order valence-corrected chi connectivity index (χ4v) is 2.93. The first-order chi connectivity index (χ1) is 9.11. The van der Waals surface area contributed by atoms with Crippen molar-refractivity contribution in [2.45, 2.75) is 45.6 Å². The van der Waals surface area contributed by atoms with Gasteiger partial charge in [-0.15, -0.1) is 0 Å². The van der Waals surface area contributed by atoms with E-state index in [0.29, 0.717) is 24.1 Å².